The van der Waals surface area contributed by atoms with E-state index in [0.29, 0.717) is 24.3 Å². The van der Waals surface area contributed by atoms with E-state index >= 15 is 0 Å². The number of hydrogen-bond donors (Lipinski definition) is 2. The summed E-state index contributed by atoms with van der Waals surface area (Å²) in [5.74, 6) is 0.261. The van der Waals surface area contributed by atoms with E-state index in [9.17, 15) is 9.59 Å². The number of aromatic nitrogens is 2. The maximum atomic E-state index is 12.7. The van der Waals surface area contributed by atoms with Crippen molar-refractivity contribution in [3.8, 4) is 11.1 Å². The molecule has 3 aromatic rings. The number of rotatable bonds is 4. The standard InChI is InChI=1S/C19H20N4O2S/c20-17(24)13-7-4-8-23(9-13)10-15-21-18(25)16-14(11-26-19(16)22-15)12-5-2-1-3-6-12/h1-3,5-6,11,13H,4,7-10H2,(H2,20,24)(H,21,22,25)/t13-/m0/s1. The van der Waals surface area contributed by atoms with Crippen molar-refractivity contribution in [3.63, 3.8) is 0 Å². The van der Waals surface area contributed by atoms with E-state index in [0.717, 1.165) is 35.3 Å². The van der Waals surface area contributed by atoms with Crippen LogP contribution in [0.4, 0.5) is 0 Å². The molecular formula is C19H20N4O2S. The van der Waals surface area contributed by atoms with Crippen LogP contribution in [-0.4, -0.2) is 33.9 Å². The highest BCUT2D eigenvalue weighted by Crippen LogP contribution is 2.30. The lowest BCUT2D eigenvalue weighted by Crippen LogP contribution is -2.41. The highest BCUT2D eigenvalue weighted by atomic mass is 32.1. The van der Waals surface area contributed by atoms with Crippen molar-refractivity contribution in [2.75, 3.05) is 13.1 Å². The summed E-state index contributed by atoms with van der Waals surface area (Å²) in [4.78, 5) is 34.6. The second-order valence-electron chi connectivity index (χ2n) is 6.68. The molecular weight excluding hydrogens is 348 g/mol. The van der Waals surface area contributed by atoms with Crippen LogP contribution in [0.1, 0.15) is 18.7 Å². The highest BCUT2D eigenvalue weighted by Gasteiger charge is 2.24. The number of nitrogens with zero attached hydrogens (tertiary/aromatic N) is 2. The van der Waals surface area contributed by atoms with Gasteiger partial charge in [-0.3, -0.25) is 14.5 Å². The van der Waals surface area contributed by atoms with Crippen molar-refractivity contribution in [3.05, 3.63) is 51.9 Å². The number of H-pyrrole nitrogens is 1. The average Bonchev–Trinajstić information content (AvgIpc) is 3.07. The van der Waals surface area contributed by atoms with Gasteiger partial charge in [0.15, 0.2) is 0 Å². The van der Waals surface area contributed by atoms with Gasteiger partial charge in [-0.2, -0.15) is 0 Å². The third kappa shape index (κ3) is 3.27. The Bertz CT molecular complexity index is 996. The Morgan fingerprint density at radius 1 is 1.35 bits per heavy atom. The lowest BCUT2D eigenvalue weighted by atomic mass is 9.97. The Hall–Kier alpha value is -2.51. The van der Waals surface area contributed by atoms with E-state index < -0.39 is 0 Å². The van der Waals surface area contributed by atoms with Gasteiger partial charge in [0, 0.05) is 17.5 Å². The number of amides is 1. The molecule has 26 heavy (non-hydrogen) atoms. The molecule has 7 heteroatoms. The van der Waals surface area contributed by atoms with Gasteiger partial charge in [0.25, 0.3) is 5.56 Å². The van der Waals surface area contributed by atoms with Crippen LogP contribution in [0.5, 0.6) is 0 Å². The number of carbonyl (C=O) groups is 1. The molecule has 1 fully saturated rings. The van der Waals surface area contributed by atoms with Crippen LogP contribution in [0.25, 0.3) is 21.3 Å². The Morgan fingerprint density at radius 3 is 2.92 bits per heavy atom. The molecule has 1 aliphatic heterocycles. The fourth-order valence-electron chi connectivity index (χ4n) is 3.54. The van der Waals surface area contributed by atoms with Gasteiger partial charge in [-0.05, 0) is 24.9 Å². The van der Waals surface area contributed by atoms with E-state index in [4.69, 9.17) is 5.73 Å². The zero-order valence-electron chi connectivity index (χ0n) is 14.3. The number of piperidine rings is 1. The highest BCUT2D eigenvalue weighted by molar-refractivity contribution is 7.17. The number of thiophene rings is 1. The maximum absolute atomic E-state index is 12.7. The zero-order chi connectivity index (χ0) is 18.1. The lowest BCUT2D eigenvalue weighted by molar-refractivity contribution is -0.123. The van der Waals surface area contributed by atoms with Crippen LogP contribution in [0.3, 0.4) is 0 Å². The summed E-state index contributed by atoms with van der Waals surface area (Å²) in [5.41, 5.74) is 7.25. The number of benzene rings is 1. The molecule has 4 rings (SSSR count). The molecule has 6 nitrogen and oxygen atoms in total. The van der Waals surface area contributed by atoms with Crippen LogP contribution in [0.15, 0.2) is 40.5 Å². The number of hydrogen-bond acceptors (Lipinski definition) is 5. The van der Waals surface area contributed by atoms with E-state index in [-0.39, 0.29) is 17.4 Å². The first-order valence-corrected chi connectivity index (χ1v) is 9.57. The molecule has 0 saturated carbocycles. The second-order valence-corrected chi connectivity index (χ2v) is 7.54. The van der Waals surface area contributed by atoms with Gasteiger partial charge in [0.2, 0.25) is 5.91 Å². The summed E-state index contributed by atoms with van der Waals surface area (Å²) >= 11 is 1.48. The predicted molar refractivity (Wildman–Crippen MR) is 103 cm³/mol. The summed E-state index contributed by atoms with van der Waals surface area (Å²) in [6.07, 6.45) is 1.76. The Balaban J connectivity index is 1.62. The molecule has 1 saturated heterocycles. The topological polar surface area (TPSA) is 92.1 Å². The first-order chi connectivity index (χ1) is 12.6. The number of likely N-dealkylation sites (tertiary alicyclic amines) is 1. The van der Waals surface area contributed by atoms with Crippen LogP contribution >= 0.6 is 11.3 Å². The van der Waals surface area contributed by atoms with Crippen LogP contribution in [-0.2, 0) is 11.3 Å². The molecule has 1 amide bonds. The van der Waals surface area contributed by atoms with E-state index in [1.54, 1.807) is 0 Å². The molecule has 3 N–H and O–H groups in total. The SMILES string of the molecule is NC(=O)[C@H]1CCCN(Cc2nc3scc(-c4ccccc4)c3c(=O)[nH]2)C1. The Kier molecular flexibility index (Phi) is 4.57. The van der Waals surface area contributed by atoms with Crippen LogP contribution < -0.4 is 11.3 Å². The minimum absolute atomic E-state index is 0.117. The van der Waals surface area contributed by atoms with Crippen LogP contribution in [0, 0.1) is 5.92 Å². The smallest absolute Gasteiger partial charge is 0.260 e. The van der Waals surface area contributed by atoms with Crippen molar-refractivity contribution in [2.45, 2.75) is 19.4 Å². The minimum atomic E-state index is -0.252. The number of nitrogens with two attached hydrogens (primary N) is 1. The van der Waals surface area contributed by atoms with Crippen LogP contribution in [0.2, 0.25) is 0 Å². The van der Waals surface area contributed by atoms with Crippen molar-refractivity contribution in [1.82, 2.24) is 14.9 Å². The Labute approximate surface area is 154 Å². The molecule has 3 heterocycles. The molecule has 134 valence electrons. The molecule has 0 spiro atoms. The summed E-state index contributed by atoms with van der Waals surface area (Å²) in [6.45, 7) is 2.02. The number of carbonyl (C=O) groups excluding carboxylic acids is 1. The predicted octanol–water partition coefficient (Wildman–Crippen LogP) is 2.35. The van der Waals surface area contributed by atoms with Gasteiger partial charge in [0.1, 0.15) is 10.7 Å². The first kappa shape index (κ1) is 16.9. The lowest BCUT2D eigenvalue weighted by Gasteiger charge is -2.30. The number of fused-ring (bicyclic) bond motifs is 1. The first-order valence-electron chi connectivity index (χ1n) is 8.69. The molecule has 1 atom stereocenters. The fourth-order valence-corrected chi connectivity index (χ4v) is 4.51. The van der Waals surface area contributed by atoms with Crippen molar-refractivity contribution < 1.29 is 4.79 Å². The summed E-state index contributed by atoms with van der Waals surface area (Å²) in [6, 6.07) is 9.86. The number of nitrogens with one attached hydrogen (secondary N) is 1. The second kappa shape index (κ2) is 7.01. The molecule has 2 aromatic heterocycles. The monoisotopic (exact) mass is 368 g/mol. The van der Waals surface area contributed by atoms with Gasteiger partial charge in [-0.1, -0.05) is 30.3 Å². The van der Waals surface area contributed by atoms with Gasteiger partial charge < -0.3 is 10.7 Å². The average molecular weight is 368 g/mol. The number of aromatic amines is 1. The fraction of sp³-hybridized carbons (Fsp3) is 0.316. The third-order valence-corrected chi connectivity index (χ3v) is 5.73. The van der Waals surface area contributed by atoms with Gasteiger partial charge >= 0.3 is 0 Å². The quantitative estimate of drug-likeness (QED) is 0.739. The third-order valence-electron chi connectivity index (χ3n) is 4.86. The van der Waals surface area contributed by atoms with Gasteiger partial charge in [0.05, 0.1) is 17.8 Å². The largest absolute Gasteiger partial charge is 0.369 e. The van der Waals surface area contributed by atoms with E-state index in [1.165, 1.54) is 11.3 Å². The van der Waals surface area contributed by atoms with Gasteiger partial charge in [-0.15, -0.1) is 11.3 Å². The normalized spacial score (nSPS) is 18.2. The molecule has 1 aromatic carbocycles. The minimum Gasteiger partial charge on any atom is -0.369 e. The molecule has 1 aliphatic rings. The number of primary amides is 1. The molecule has 0 radical (unpaired) electrons. The van der Waals surface area contributed by atoms with Crippen molar-refractivity contribution in [2.24, 2.45) is 11.7 Å². The maximum Gasteiger partial charge on any atom is 0.260 e. The molecule has 0 unspecified atom stereocenters. The van der Waals surface area contributed by atoms with E-state index in [2.05, 4.69) is 14.9 Å². The summed E-state index contributed by atoms with van der Waals surface area (Å²) in [5, 5.41) is 2.62. The van der Waals surface area contributed by atoms with Crippen molar-refractivity contribution >= 4 is 27.5 Å². The summed E-state index contributed by atoms with van der Waals surface area (Å²) in [7, 11) is 0. The molecule has 0 aliphatic carbocycles. The molecule has 0 bridgehead atoms. The van der Waals surface area contributed by atoms with E-state index in [1.807, 2.05) is 35.7 Å². The van der Waals surface area contributed by atoms with Gasteiger partial charge in [-0.25, -0.2) is 4.98 Å². The summed E-state index contributed by atoms with van der Waals surface area (Å²) < 4.78 is 0. The van der Waals surface area contributed by atoms with Crippen molar-refractivity contribution in [1.29, 1.82) is 0 Å². The Morgan fingerprint density at radius 2 is 2.15 bits per heavy atom. The zero-order valence-corrected chi connectivity index (χ0v) is 15.1.